The highest BCUT2D eigenvalue weighted by atomic mass is 19.4. The number of nitrogens with one attached hydrogen (secondary N) is 1. The van der Waals surface area contributed by atoms with Gasteiger partial charge in [0, 0.05) is 22.7 Å². The second kappa shape index (κ2) is 8.13. The third-order valence-corrected chi connectivity index (χ3v) is 4.81. The quantitative estimate of drug-likeness (QED) is 0.574. The van der Waals surface area contributed by atoms with Crippen LogP contribution in [-0.4, -0.2) is 21.5 Å². The van der Waals surface area contributed by atoms with Crippen LogP contribution in [-0.2, 0) is 22.2 Å². The number of carbonyl (C=O) groups excluding carboxylic acids is 2. The highest BCUT2D eigenvalue weighted by molar-refractivity contribution is 6.02. The van der Waals surface area contributed by atoms with Crippen molar-refractivity contribution in [3.63, 3.8) is 0 Å². The lowest BCUT2D eigenvalue weighted by atomic mass is 10.1. The maximum absolute atomic E-state index is 12.9. The number of benzene rings is 2. The molecule has 2 amide bonds. The van der Waals surface area contributed by atoms with E-state index in [4.69, 9.17) is 5.73 Å². The number of halogens is 3. The minimum Gasteiger partial charge on any atom is -0.507 e. The number of aromatic hydroxyl groups is 1. The zero-order valence-electron chi connectivity index (χ0n) is 16.2. The van der Waals surface area contributed by atoms with E-state index in [1.807, 2.05) is 0 Å². The second-order valence-corrected chi connectivity index (χ2v) is 6.95. The Morgan fingerprint density at radius 1 is 1.16 bits per heavy atom. The van der Waals surface area contributed by atoms with Crippen molar-refractivity contribution in [2.24, 2.45) is 5.73 Å². The van der Waals surface area contributed by atoms with Gasteiger partial charge in [0.05, 0.1) is 12.0 Å². The topological polar surface area (TPSA) is 114 Å². The Morgan fingerprint density at radius 2 is 1.87 bits per heavy atom. The molecule has 0 aliphatic carbocycles. The van der Waals surface area contributed by atoms with Crippen LogP contribution >= 0.6 is 0 Å². The number of phenols is 1. The van der Waals surface area contributed by atoms with Crippen LogP contribution in [0.1, 0.15) is 24.1 Å². The summed E-state index contributed by atoms with van der Waals surface area (Å²) in [5.74, 6) is -2.22. The number of amides is 2. The Hall–Kier alpha value is -3.82. The van der Waals surface area contributed by atoms with Gasteiger partial charge in [0.1, 0.15) is 11.8 Å². The van der Waals surface area contributed by atoms with Crippen LogP contribution in [0.3, 0.4) is 0 Å². The number of phenolic OH excluding ortho intramolecular Hbond substituents is 1. The predicted octanol–water partition coefficient (Wildman–Crippen LogP) is 2.95. The minimum atomic E-state index is -4.76. The highest BCUT2D eigenvalue weighted by Crippen LogP contribution is 2.36. The van der Waals surface area contributed by atoms with E-state index in [0.717, 1.165) is 6.07 Å². The third kappa shape index (κ3) is 4.52. The summed E-state index contributed by atoms with van der Waals surface area (Å²) in [5.41, 5.74) is 3.89. The first-order valence-corrected chi connectivity index (χ1v) is 9.11. The average Bonchev–Trinajstić information content (AvgIpc) is 2.69. The van der Waals surface area contributed by atoms with Crippen molar-refractivity contribution in [2.75, 3.05) is 5.32 Å². The van der Waals surface area contributed by atoms with Gasteiger partial charge in [0.15, 0.2) is 0 Å². The molecule has 10 heteroatoms. The number of nitrogens with zero attached hydrogens (tertiary/aromatic N) is 1. The molecule has 1 aromatic heterocycles. The van der Waals surface area contributed by atoms with Gasteiger partial charge in [-0.1, -0.05) is 12.1 Å². The molecule has 2 aromatic carbocycles. The van der Waals surface area contributed by atoms with Crippen molar-refractivity contribution in [2.45, 2.75) is 25.6 Å². The van der Waals surface area contributed by atoms with Crippen LogP contribution in [0.25, 0.3) is 10.8 Å². The Morgan fingerprint density at radius 3 is 2.52 bits per heavy atom. The molecule has 1 atom stereocenters. The van der Waals surface area contributed by atoms with Crippen LogP contribution in [0.2, 0.25) is 0 Å². The Labute approximate surface area is 173 Å². The lowest BCUT2D eigenvalue weighted by Crippen LogP contribution is -2.31. The maximum atomic E-state index is 12.9. The number of alkyl halides is 3. The van der Waals surface area contributed by atoms with E-state index < -0.39 is 40.9 Å². The van der Waals surface area contributed by atoms with Gasteiger partial charge in [-0.2, -0.15) is 13.2 Å². The van der Waals surface area contributed by atoms with Gasteiger partial charge in [0.25, 0.3) is 5.56 Å². The number of aromatic nitrogens is 1. The highest BCUT2D eigenvalue weighted by Gasteiger charge is 2.34. The van der Waals surface area contributed by atoms with Gasteiger partial charge in [-0.15, -0.1) is 0 Å². The smallest absolute Gasteiger partial charge is 0.419 e. The molecule has 0 spiro atoms. The predicted molar refractivity (Wildman–Crippen MR) is 108 cm³/mol. The van der Waals surface area contributed by atoms with E-state index in [-0.39, 0.29) is 23.1 Å². The van der Waals surface area contributed by atoms with Crippen molar-refractivity contribution in [3.05, 3.63) is 70.1 Å². The van der Waals surface area contributed by atoms with Gasteiger partial charge in [0.2, 0.25) is 11.8 Å². The molecule has 0 radical (unpaired) electrons. The number of nitrogens with two attached hydrogens (primary N) is 1. The third-order valence-electron chi connectivity index (χ3n) is 4.81. The molecule has 0 aliphatic heterocycles. The molecule has 0 bridgehead atoms. The summed E-state index contributed by atoms with van der Waals surface area (Å²) < 4.78 is 40.0. The first-order chi connectivity index (χ1) is 14.5. The van der Waals surface area contributed by atoms with E-state index in [0.29, 0.717) is 11.5 Å². The van der Waals surface area contributed by atoms with Gasteiger partial charge in [-0.3, -0.25) is 14.4 Å². The van der Waals surface area contributed by atoms with Crippen LogP contribution in [0, 0.1) is 0 Å². The summed E-state index contributed by atoms with van der Waals surface area (Å²) in [5, 5.41) is 12.6. The summed E-state index contributed by atoms with van der Waals surface area (Å²) in [6.07, 6.45) is -3.75. The summed E-state index contributed by atoms with van der Waals surface area (Å²) >= 11 is 0. The average molecular weight is 433 g/mol. The number of anilines is 1. The van der Waals surface area contributed by atoms with Crippen LogP contribution in [0.5, 0.6) is 5.75 Å². The number of primary amides is 1. The van der Waals surface area contributed by atoms with Crippen LogP contribution < -0.4 is 16.6 Å². The summed E-state index contributed by atoms with van der Waals surface area (Å²) in [7, 11) is 0. The van der Waals surface area contributed by atoms with Crippen molar-refractivity contribution in [1.82, 2.24) is 4.57 Å². The van der Waals surface area contributed by atoms with Crippen molar-refractivity contribution < 1.29 is 27.9 Å². The van der Waals surface area contributed by atoms with Gasteiger partial charge >= 0.3 is 6.18 Å². The SMILES string of the molecule is C[C@H](C(N)=O)n1ccc2c(NC(=O)Cc3ccc(O)c(C(F)(F)F)c3)cccc2c1=O. The van der Waals surface area contributed by atoms with Gasteiger partial charge in [-0.25, -0.2) is 0 Å². The summed E-state index contributed by atoms with van der Waals surface area (Å²) in [6.45, 7) is 1.48. The molecule has 7 nitrogen and oxygen atoms in total. The van der Waals surface area contributed by atoms with Crippen molar-refractivity contribution >= 4 is 28.3 Å². The molecule has 0 unspecified atom stereocenters. The Balaban J connectivity index is 1.89. The lowest BCUT2D eigenvalue weighted by molar-refractivity contribution is -0.138. The molecule has 1 heterocycles. The number of carbonyl (C=O) groups is 2. The van der Waals surface area contributed by atoms with Crippen molar-refractivity contribution in [1.29, 1.82) is 0 Å². The van der Waals surface area contributed by atoms with Crippen LogP contribution in [0.15, 0.2) is 53.5 Å². The van der Waals surface area contributed by atoms with E-state index in [1.165, 1.54) is 42.0 Å². The fourth-order valence-corrected chi connectivity index (χ4v) is 3.14. The van der Waals surface area contributed by atoms with E-state index >= 15 is 0 Å². The zero-order chi connectivity index (χ0) is 22.9. The molecule has 0 saturated heterocycles. The zero-order valence-corrected chi connectivity index (χ0v) is 16.2. The first kappa shape index (κ1) is 21.9. The van der Waals surface area contributed by atoms with E-state index in [1.54, 1.807) is 6.07 Å². The first-order valence-electron chi connectivity index (χ1n) is 9.11. The molecule has 162 valence electrons. The molecular weight excluding hydrogens is 415 g/mol. The van der Waals surface area contributed by atoms with Gasteiger partial charge < -0.3 is 20.7 Å². The van der Waals surface area contributed by atoms with E-state index in [2.05, 4.69) is 5.32 Å². The van der Waals surface area contributed by atoms with Gasteiger partial charge in [-0.05, 0) is 42.8 Å². The summed E-state index contributed by atoms with van der Waals surface area (Å²) in [4.78, 5) is 36.5. The monoisotopic (exact) mass is 433 g/mol. The molecule has 0 saturated carbocycles. The minimum absolute atomic E-state index is 0.0560. The second-order valence-electron chi connectivity index (χ2n) is 6.95. The number of hydrogen-bond acceptors (Lipinski definition) is 4. The van der Waals surface area contributed by atoms with Crippen molar-refractivity contribution in [3.8, 4) is 5.75 Å². The molecule has 31 heavy (non-hydrogen) atoms. The lowest BCUT2D eigenvalue weighted by Gasteiger charge is -2.14. The molecule has 0 fully saturated rings. The summed E-state index contributed by atoms with van der Waals surface area (Å²) in [6, 6.07) is 8.07. The van der Waals surface area contributed by atoms with Crippen LogP contribution in [0.4, 0.5) is 18.9 Å². The normalized spacial score (nSPS) is 12.5. The number of hydrogen-bond donors (Lipinski definition) is 3. The molecule has 4 N–H and O–H groups in total. The fraction of sp³-hybridized carbons (Fsp3) is 0.190. The number of rotatable bonds is 5. The maximum Gasteiger partial charge on any atom is 0.419 e. The Kier molecular flexibility index (Phi) is 5.74. The standard InChI is InChI=1S/C21H18F3N3O4/c1-11(19(25)30)27-8-7-13-14(20(27)31)3-2-4-16(13)26-18(29)10-12-5-6-17(28)15(9-12)21(22,23)24/h2-9,11,28H,10H2,1H3,(H2,25,30)(H,26,29)/t11-/m1/s1. The number of pyridine rings is 1. The molecule has 0 aliphatic rings. The fourth-order valence-electron chi connectivity index (χ4n) is 3.14. The molecular formula is C21H18F3N3O4. The molecule has 3 aromatic rings. The largest absolute Gasteiger partial charge is 0.507 e. The Bertz CT molecular complexity index is 1230. The molecule has 3 rings (SSSR count). The number of fused-ring (bicyclic) bond motifs is 1. The van der Waals surface area contributed by atoms with E-state index in [9.17, 15) is 32.7 Å².